The van der Waals surface area contributed by atoms with E-state index < -0.39 is 0 Å². The highest BCUT2D eigenvalue weighted by molar-refractivity contribution is 6.06. The highest BCUT2D eigenvalue weighted by Gasteiger charge is 2.11. The third kappa shape index (κ3) is 6.56. The van der Waals surface area contributed by atoms with Gasteiger partial charge >= 0.3 is 0 Å². The van der Waals surface area contributed by atoms with Crippen LogP contribution in [0.2, 0.25) is 0 Å². The van der Waals surface area contributed by atoms with Crippen molar-refractivity contribution in [3.8, 4) is 0 Å². The lowest BCUT2D eigenvalue weighted by Crippen LogP contribution is -2.25. The van der Waals surface area contributed by atoms with Crippen LogP contribution in [0.5, 0.6) is 0 Å². The van der Waals surface area contributed by atoms with Gasteiger partial charge in [0.15, 0.2) is 0 Å². The number of rotatable bonds is 8. The molecule has 0 saturated heterocycles. The van der Waals surface area contributed by atoms with Gasteiger partial charge in [-0.05, 0) is 42.8 Å². The summed E-state index contributed by atoms with van der Waals surface area (Å²) in [7, 11) is 1.61. The highest BCUT2D eigenvalue weighted by Crippen LogP contribution is 2.16. The molecule has 27 heavy (non-hydrogen) atoms. The minimum Gasteiger partial charge on any atom is -0.385 e. The predicted octanol–water partition coefficient (Wildman–Crippen LogP) is 2.66. The van der Waals surface area contributed by atoms with Crippen LogP contribution in [0.3, 0.4) is 0 Å². The molecule has 3 amide bonds. The number of methoxy groups -OCH3 is 1. The Labute approximate surface area is 158 Å². The molecule has 0 radical (unpaired) electrons. The van der Waals surface area contributed by atoms with E-state index in [1.165, 1.54) is 6.92 Å². The average molecular weight is 369 g/mol. The van der Waals surface area contributed by atoms with Crippen molar-refractivity contribution >= 4 is 29.1 Å². The van der Waals surface area contributed by atoms with E-state index in [0.29, 0.717) is 42.1 Å². The van der Waals surface area contributed by atoms with E-state index in [1.807, 2.05) is 0 Å². The molecule has 3 N–H and O–H groups in total. The van der Waals surface area contributed by atoms with Gasteiger partial charge in [0, 0.05) is 49.7 Å². The quantitative estimate of drug-likeness (QED) is 0.623. The zero-order valence-electron chi connectivity index (χ0n) is 15.4. The third-order valence-electron chi connectivity index (χ3n) is 3.64. The van der Waals surface area contributed by atoms with E-state index in [2.05, 4.69) is 16.0 Å². The van der Waals surface area contributed by atoms with Gasteiger partial charge in [0.25, 0.3) is 11.8 Å². The van der Waals surface area contributed by atoms with Gasteiger partial charge in [-0.1, -0.05) is 12.1 Å². The Balaban J connectivity index is 2.02. The zero-order chi connectivity index (χ0) is 19.6. The zero-order valence-corrected chi connectivity index (χ0v) is 15.4. The topological polar surface area (TPSA) is 96.5 Å². The Hall–Kier alpha value is -3.19. The first kappa shape index (κ1) is 20.1. The summed E-state index contributed by atoms with van der Waals surface area (Å²) in [6.07, 6.45) is 0.715. The number of nitrogens with one attached hydrogen (secondary N) is 3. The molecule has 0 spiro atoms. The first-order chi connectivity index (χ1) is 13.0. The van der Waals surface area contributed by atoms with Gasteiger partial charge in [0.2, 0.25) is 5.91 Å². The number of carbonyl (C=O) groups excluding carboxylic acids is 3. The molecular formula is C20H23N3O4. The summed E-state index contributed by atoms with van der Waals surface area (Å²) in [5, 5.41) is 8.20. The molecule has 0 bridgehead atoms. The van der Waals surface area contributed by atoms with Crippen LogP contribution in [-0.4, -0.2) is 38.0 Å². The maximum absolute atomic E-state index is 12.5. The Kier molecular flexibility index (Phi) is 7.51. The Morgan fingerprint density at radius 1 is 0.889 bits per heavy atom. The fourth-order valence-corrected chi connectivity index (χ4v) is 2.40. The van der Waals surface area contributed by atoms with E-state index in [-0.39, 0.29) is 17.7 Å². The largest absolute Gasteiger partial charge is 0.385 e. The number of amides is 3. The van der Waals surface area contributed by atoms with Crippen molar-refractivity contribution in [2.45, 2.75) is 13.3 Å². The minimum atomic E-state index is -0.344. The van der Waals surface area contributed by atoms with Crippen LogP contribution < -0.4 is 16.0 Å². The normalized spacial score (nSPS) is 10.1. The number of hydrogen-bond acceptors (Lipinski definition) is 4. The second kappa shape index (κ2) is 10.1. The Morgan fingerprint density at radius 3 is 2.19 bits per heavy atom. The molecule has 0 aliphatic carbocycles. The van der Waals surface area contributed by atoms with Crippen LogP contribution >= 0.6 is 0 Å². The molecular weight excluding hydrogens is 346 g/mol. The third-order valence-corrected chi connectivity index (χ3v) is 3.64. The second-order valence-electron chi connectivity index (χ2n) is 5.90. The molecule has 0 aliphatic rings. The molecule has 0 saturated carbocycles. The molecule has 0 aromatic heterocycles. The summed E-state index contributed by atoms with van der Waals surface area (Å²) in [5.74, 6) is -0.778. The molecule has 0 unspecified atom stereocenters. The van der Waals surface area contributed by atoms with Crippen molar-refractivity contribution in [1.82, 2.24) is 5.32 Å². The van der Waals surface area contributed by atoms with Gasteiger partial charge in [0.1, 0.15) is 0 Å². The van der Waals surface area contributed by atoms with E-state index in [1.54, 1.807) is 55.6 Å². The molecule has 7 heteroatoms. The monoisotopic (exact) mass is 369 g/mol. The summed E-state index contributed by atoms with van der Waals surface area (Å²) in [6.45, 7) is 2.48. The molecule has 2 aromatic carbocycles. The molecule has 2 aromatic rings. The summed E-state index contributed by atoms with van der Waals surface area (Å²) >= 11 is 0. The second-order valence-corrected chi connectivity index (χ2v) is 5.90. The van der Waals surface area contributed by atoms with Gasteiger partial charge in [-0.2, -0.15) is 0 Å². The molecule has 2 rings (SSSR count). The van der Waals surface area contributed by atoms with Crippen molar-refractivity contribution in [1.29, 1.82) is 0 Å². The number of carbonyl (C=O) groups is 3. The number of hydrogen-bond donors (Lipinski definition) is 3. The van der Waals surface area contributed by atoms with Crippen molar-refractivity contribution in [2.75, 3.05) is 30.9 Å². The molecule has 0 fully saturated rings. The van der Waals surface area contributed by atoms with E-state index in [9.17, 15) is 14.4 Å². The lowest BCUT2D eigenvalue weighted by molar-refractivity contribution is -0.114. The molecule has 142 valence electrons. The Morgan fingerprint density at radius 2 is 1.52 bits per heavy atom. The van der Waals surface area contributed by atoms with E-state index in [0.717, 1.165) is 0 Å². The fourth-order valence-electron chi connectivity index (χ4n) is 2.40. The SMILES string of the molecule is COCCCNC(=O)c1cccc(C(=O)Nc2cccc(NC(C)=O)c2)c1. The van der Waals surface area contributed by atoms with Crippen LogP contribution in [-0.2, 0) is 9.53 Å². The smallest absolute Gasteiger partial charge is 0.255 e. The maximum Gasteiger partial charge on any atom is 0.255 e. The maximum atomic E-state index is 12.5. The van der Waals surface area contributed by atoms with Crippen LogP contribution in [0.15, 0.2) is 48.5 Å². The lowest BCUT2D eigenvalue weighted by Gasteiger charge is -2.09. The summed E-state index contributed by atoms with van der Waals surface area (Å²) < 4.78 is 4.94. The first-order valence-corrected chi connectivity index (χ1v) is 8.56. The van der Waals surface area contributed by atoms with Crippen LogP contribution in [0.4, 0.5) is 11.4 Å². The molecule has 0 heterocycles. The van der Waals surface area contributed by atoms with Gasteiger partial charge < -0.3 is 20.7 Å². The van der Waals surface area contributed by atoms with Crippen LogP contribution in [0.1, 0.15) is 34.1 Å². The molecule has 0 aliphatic heterocycles. The van der Waals surface area contributed by atoms with Gasteiger partial charge in [-0.25, -0.2) is 0 Å². The van der Waals surface area contributed by atoms with Crippen molar-refractivity contribution < 1.29 is 19.1 Å². The minimum absolute atomic E-state index is 0.192. The van der Waals surface area contributed by atoms with Crippen molar-refractivity contribution in [3.05, 3.63) is 59.7 Å². The van der Waals surface area contributed by atoms with Crippen LogP contribution in [0.25, 0.3) is 0 Å². The van der Waals surface area contributed by atoms with Crippen molar-refractivity contribution in [2.24, 2.45) is 0 Å². The van der Waals surface area contributed by atoms with E-state index >= 15 is 0 Å². The lowest BCUT2D eigenvalue weighted by atomic mass is 10.1. The van der Waals surface area contributed by atoms with Gasteiger partial charge in [-0.3, -0.25) is 14.4 Å². The number of anilines is 2. The van der Waals surface area contributed by atoms with Crippen molar-refractivity contribution in [3.63, 3.8) is 0 Å². The molecule has 7 nitrogen and oxygen atoms in total. The van der Waals surface area contributed by atoms with Crippen LogP contribution in [0, 0.1) is 0 Å². The highest BCUT2D eigenvalue weighted by atomic mass is 16.5. The average Bonchev–Trinajstić information content (AvgIpc) is 2.65. The summed E-state index contributed by atoms with van der Waals surface area (Å²) in [6, 6.07) is 13.3. The predicted molar refractivity (Wildman–Crippen MR) is 104 cm³/mol. The fraction of sp³-hybridized carbons (Fsp3) is 0.250. The number of ether oxygens (including phenoxy) is 1. The summed E-state index contributed by atoms with van der Waals surface area (Å²) in [4.78, 5) is 35.8. The number of benzene rings is 2. The van der Waals surface area contributed by atoms with Gasteiger partial charge in [0.05, 0.1) is 0 Å². The summed E-state index contributed by atoms with van der Waals surface area (Å²) in [5.41, 5.74) is 1.90. The standard InChI is InChI=1S/C20H23N3O4/c1-14(24)22-17-8-4-9-18(13-17)23-20(26)16-7-3-6-15(12-16)19(25)21-10-5-11-27-2/h3-4,6-9,12-13H,5,10-11H2,1-2H3,(H,21,25)(H,22,24)(H,23,26). The molecule has 0 atom stereocenters. The van der Waals surface area contributed by atoms with Gasteiger partial charge in [-0.15, -0.1) is 0 Å². The first-order valence-electron chi connectivity index (χ1n) is 8.56. The Bertz CT molecular complexity index is 820. The van der Waals surface area contributed by atoms with E-state index in [4.69, 9.17) is 4.74 Å².